The van der Waals surface area contributed by atoms with Gasteiger partial charge in [0, 0.05) is 6.42 Å². The van der Waals surface area contributed by atoms with E-state index in [-0.39, 0.29) is 11.8 Å². The van der Waals surface area contributed by atoms with Crippen LogP contribution in [-0.2, 0) is 4.79 Å². The Balaban J connectivity index is 2.94. The van der Waals surface area contributed by atoms with Crippen LogP contribution in [0.25, 0.3) is 0 Å². The molecule has 0 aliphatic rings. The van der Waals surface area contributed by atoms with Gasteiger partial charge >= 0.3 is 6.01 Å². The largest absolute Gasteiger partial charge is 0.480 e. The van der Waals surface area contributed by atoms with Gasteiger partial charge in [0.2, 0.25) is 11.7 Å². The molecule has 17 heavy (non-hydrogen) atoms. The lowest BCUT2D eigenvalue weighted by molar-refractivity contribution is -0.113. The van der Waals surface area contributed by atoms with Gasteiger partial charge in [-0.3, -0.25) is 4.79 Å². The van der Waals surface area contributed by atoms with Gasteiger partial charge in [0.25, 0.3) is 0 Å². The minimum absolute atomic E-state index is 0.106. The molecule has 0 saturated carbocycles. The zero-order valence-corrected chi connectivity index (χ0v) is 10.1. The number of hydrogen-bond acceptors (Lipinski definition) is 5. The zero-order valence-electron chi connectivity index (χ0n) is 10.1. The number of rotatable bonds is 4. The van der Waals surface area contributed by atoms with Gasteiger partial charge in [-0.05, 0) is 12.3 Å². The van der Waals surface area contributed by atoms with Crippen LogP contribution in [0, 0.1) is 11.8 Å². The third-order valence-electron chi connectivity index (χ3n) is 1.92. The van der Waals surface area contributed by atoms with Gasteiger partial charge < -0.3 is 9.47 Å². The number of nitrogens with zero attached hydrogens (tertiary/aromatic N) is 2. The van der Waals surface area contributed by atoms with Crippen LogP contribution in [0.2, 0.25) is 0 Å². The summed E-state index contributed by atoms with van der Waals surface area (Å²) in [6.07, 6.45) is 2.70. The smallest absolute Gasteiger partial charge is 0.319 e. The lowest BCUT2D eigenvalue weighted by Gasteiger charge is -2.02. The van der Waals surface area contributed by atoms with Gasteiger partial charge in [0.15, 0.2) is 0 Å². The second kappa shape index (κ2) is 6.48. The highest BCUT2D eigenvalue weighted by atomic mass is 16.5. The summed E-state index contributed by atoms with van der Waals surface area (Å²) in [4.78, 5) is 19.1. The van der Waals surface area contributed by atoms with Crippen LogP contribution in [0.3, 0.4) is 0 Å². The lowest BCUT2D eigenvalue weighted by atomic mass is 10.2. The van der Waals surface area contributed by atoms with Crippen LogP contribution in [0.15, 0.2) is 6.20 Å². The van der Waals surface area contributed by atoms with E-state index in [1.807, 2.05) is 6.92 Å². The van der Waals surface area contributed by atoms with Crippen molar-refractivity contribution in [2.75, 3.05) is 14.2 Å². The molecule has 0 N–H and O–H groups in total. The fraction of sp³-hybridized carbons (Fsp3) is 0.417. The van der Waals surface area contributed by atoms with Gasteiger partial charge in [-0.15, -0.1) is 0 Å². The van der Waals surface area contributed by atoms with E-state index in [2.05, 4.69) is 21.8 Å². The molecule has 1 heterocycles. The quantitative estimate of drug-likeness (QED) is 0.733. The van der Waals surface area contributed by atoms with Crippen molar-refractivity contribution in [3.8, 4) is 23.7 Å². The van der Waals surface area contributed by atoms with Crippen LogP contribution < -0.4 is 9.47 Å². The lowest BCUT2D eigenvalue weighted by Crippen LogP contribution is -1.98. The minimum Gasteiger partial charge on any atom is -0.480 e. The Labute approximate surface area is 100 Å². The first-order valence-corrected chi connectivity index (χ1v) is 5.21. The van der Waals surface area contributed by atoms with Crippen molar-refractivity contribution in [2.24, 2.45) is 0 Å². The van der Waals surface area contributed by atoms with E-state index in [1.54, 1.807) is 0 Å². The van der Waals surface area contributed by atoms with Crippen LogP contribution in [0.5, 0.6) is 11.9 Å². The zero-order chi connectivity index (χ0) is 12.7. The molecule has 1 rings (SSSR count). The average Bonchev–Trinajstić information content (AvgIpc) is 2.36. The summed E-state index contributed by atoms with van der Waals surface area (Å²) < 4.78 is 9.89. The Kier molecular flexibility index (Phi) is 4.95. The first-order valence-electron chi connectivity index (χ1n) is 5.21. The van der Waals surface area contributed by atoms with Crippen molar-refractivity contribution in [1.29, 1.82) is 0 Å². The van der Waals surface area contributed by atoms with E-state index in [0.717, 1.165) is 6.42 Å². The molecular weight excluding hydrogens is 220 g/mol. The van der Waals surface area contributed by atoms with E-state index in [1.165, 1.54) is 20.4 Å². The summed E-state index contributed by atoms with van der Waals surface area (Å²) in [5, 5.41) is 0. The number of hydrogen-bond donors (Lipinski definition) is 0. The number of ether oxygens (including phenoxy) is 2. The molecule has 0 fully saturated rings. The monoisotopic (exact) mass is 234 g/mol. The average molecular weight is 234 g/mol. The molecule has 5 nitrogen and oxygen atoms in total. The van der Waals surface area contributed by atoms with Crippen LogP contribution in [0.4, 0.5) is 0 Å². The molecule has 0 aromatic carbocycles. The topological polar surface area (TPSA) is 61.3 Å². The van der Waals surface area contributed by atoms with E-state index in [0.29, 0.717) is 17.9 Å². The number of carbonyl (C=O) groups is 1. The first-order chi connectivity index (χ1) is 8.21. The van der Waals surface area contributed by atoms with Crippen molar-refractivity contribution in [2.45, 2.75) is 19.8 Å². The second-order valence-electron chi connectivity index (χ2n) is 3.20. The molecular formula is C12H14N2O3. The summed E-state index contributed by atoms with van der Waals surface area (Å²) in [5.41, 5.74) is 0.470. The molecule has 0 radical (unpaired) electrons. The summed E-state index contributed by atoms with van der Waals surface area (Å²) in [6.45, 7) is 1.93. The van der Waals surface area contributed by atoms with Gasteiger partial charge in [-0.2, -0.15) is 4.98 Å². The standard InChI is InChI=1S/C12H14N2O3/c1-4-5-10(15)7-6-9-8-13-12(17-3)14-11(9)16-2/h8H,4-5H2,1-3H3. The van der Waals surface area contributed by atoms with E-state index in [4.69, 9.17) is 9.47 Å². The molecule has 1 aromatic heterocycles. The Bertz CT molecular complexity index is 461. The fourth-order valence-corrected chi connectivity index (χ4v) is 1.12. The maximum Gasteiger partial charge on any atom is 0.319 e. The molecule has 0 aliphatic heterocycles. The Hall–Kier alpha value is -2.09. The van der Waals surface area contributed by atoms with Crippen molar-refractivity contribution in [3.63, 3.8) is 0 Å². The molecule has 5 heteroatoms. The normalized spacial score (nSPS) is 9.12. The van der Waals surface area contributed by atoms with Gasteiger partial charge in [0.05, 0.1) is 20.4 Å². The highest BCUT2D eigenvalue weighted by Gasteiger charge is 2.05. The van der Waals surface area contributed by atoms with Crippen molar-refractivity contribution in [3.05, 3.63) is 11.8 Å². The van der Waals surface area contributed by atoms with Crippen LogP contribution >= 0.6 is 0 Å². The summed E-state index contributed by atoms with van der Waals surface area (Å²) >= 11 is 0. The summed E-state index contributed by atoms with van der Waals surface area (Å²) in [7, 11) is 2.94. The van der Waals surface area contributed by atoms with Crippen LogP contribution in [0.1, 0.15) is 25.3 Å². The van der Waals surface area contributed by atoms with Crippen LogP contribution in [-0.4, -0.2) is 30.0 Å². The SMILES string of the molecule is CCCC(=O)C#Cc1cnc(OC)nc1OC. The highest BCUT2D eigenvalue weighted by Crippen LogP contribution is 2.15. The summed E-state index contributed by atoms with van der Waals surface area (Å²) in [6, 6.07) is 0.201. The first kappa shape index (κ1) is 13.0. The van der Waals surface area contributed by atoms with Gasteiger partial charge in [-0.25, -0.2) is 4.98 Å². The van der Waals surface area contributed by atoms with E-state index < -0.39 is 0 Å². The number of ketones is 1. The minimum atomic E-state index is -0.106. The number of carbonyl (C=O) groups excluding carboxylic acids is 1. The third kappa shape index (κ3) is 3.76. The van der Waals surface area contributed by atoms with Crippen molar-refractivity contribution >= 4 is 5.78 Å². The van der Waals surface area contributed by atoms with E-state index >= 15 is 0 Å². The molecule has 90 valence electrons. The molecule has 0 amide bonds. The maximum absolute atomic E-state index is 11.3. The predicted octanol–water partition coefficient (Wildman–Crippen LogP) is 1.21. The van der Waals surface area contributed by atoms with Crippen molar-refractivity contribution in [1.82, 2.24) is 9.97 Å². The Morgan fingerprint density at radius 1 is 1.41 bits per heavy atom. The molecule has 0 unspecified atom stereocenters. The Morgan fingerprint density at radius 3 is 2.76 bits per heavy atom. The predicted molar refractivity (Wildman–Crippen MR) is 61.9 cm³/mol. The number of Topliss-reactive ketones (excluding diaryl/α,β-unsaturated/α-hetero) is 1. The molecule has 0 saturated heterocycles. The van der Waals surface area contributed by atoms with Gasteiger partial charge in [-0.1, -0.05) is 12.8 Å². The second-order valence-corrected chi connectivity index (χ2v) is 3.20. The third-order valence-corrected chi connectivity index (χ3v) is 1.92. The Morgan fingerprint density at radius 2 is 2.18 bits per heavy atom. The molecule has 0 bridgehead atoms. The molecule has 0 aliphatic carbocycles. The van der Waals surface area contributed by atoms with Gasteiger partial charge in [0.1, 0.15) is 5.56 Å². The molecule has 1 aromatic rings. The highest BCUT2D eigenvalue weighted by molar-refractivity contribution is 5.95. The number of methoxy groups -OCH3 is 2. The number of aromatic nitrogens is 2. The summed E-state index contributed by atoms with van der Waals surface area (Å²) in [5.74, 6) is 5.41. The maximum atomic E-state index is 11.3. The molecule has 0 atom stereocenters. The molecule has 0 spiro atoms. The fourth-order valence-electron chi connectivity index (χ4n) is 1.12. The van der Waals surface area contributed by atoms with E-state index in [9.17, 15) is 4.79 Å². The van der Waals surface area contributed by atoms with Crippen molar-refractivity contribution < 1.29 is 14.3 Å².